The van der Waals surface area contributed by atoms with E-state index < -0.39 is 24.6 Å². The Labute approximate surface area is 132 Å². The normalized spacial score (nSPS) is 23.6. The highest BCUT2D eigenvalue weighted by Gasteiger charge is 2.43. The van der Waals surface area contributed by atoms with Gasteiger partial charge in [0.1, 0.15) is 0 Å². The number of nitrogens with zero attached hydrogens (tertiary/aromatic N) is 2. The van der Waals surface area contributed by atoms with Crippen LogP contribution in [0.2, 0.25) is 0 Å². The highest BCUT2D eigenvalue weighted by molar-refractivity contribution is 6.02. The number of anilines is 1. The maximum absolute atomic E-state index is 12.8. The molecule has 1 aromatic carbocycles. The summed E-state index contributed by atoms with van der Waals surface area (Å²) in [7, 11) is 1.35. The molecule has 2 aliphatic heterocycles. The minimum atomic E-state index is -2.04. The SMILES string of the molecule is COc1cc2c(cc1O)N(C(O)O)C(O)[C@@H]1C=C(C)CN1C2=O. The van der Waals surface area contributed by atoms with E-state index in [1.807, 2.05) is 6.92 Å². The zero-order valence-corrected chi connectivity index (χ0v) is 12.7. The predicted molar refractivity (Wildman–Crippen MR) is 80.0 cm³/mol. The van der Waals surface area contributed by atoms with E-state index in [2.05, 4.69) is 0 Å². The Morgan fingerprint density at radius 3 is 2.65 bits per heavy atom. The summed E-state index contributed by atoms with van der Waals surface area (Å²) in [5, 5.41) is 39.8. The maximum atomic E-state index is 12.8. The van der Waals surface area contributed by atoms with Gasteiger partial charge < -0.3 is 30.1 Å². The summed E-state index contributed by atoms with van der Waals surface area (Å²) in [5.74, 6) is -0.578. The Bertz CT molecular complexity index is 687. The molecule has 1 unspecified atom stereocenters. The van der Waals surface area contributed by atoms with Gasteiger partial charge in [0.05, 0.1) is 24.4 Å². The van der Waals surface area contributed by atoms with Crippen molar-refractivity contribution >= 4 is 11.6 Å². The van der Waals surface area contributed by atoms with Gasteiger partial charge in [-0.3, -0.25) is 9.69 Å². The minimum Gasteiger partial charge on any atom is -0.504 e. The van der Waals surface area contributed by atoms with Crippen LogP contribution in [-0.2, 0) is 0 Å². The summed E-state index contributed by atoms with van der Waals surface area (Å²) in [6, 6.07) is 1.78. The Morgan fingerprint density at radius 1 is 1.35 bits per heavy atom. The third-order valence-corrected chi connectivity index (χ3v) is 4.14. The van der Waals surface area contributed by atoms with Gasteiger partial charge in [-0.25, -0.2) is 0 Å². The lowest BCUT2D eigenvalue weighted by Gasteiger charge is -2.34. The predicted octanol–water partition coefficient (Wildman–Crippen LogP) is -0.422. The molecule has 2 aliphatic rings. The highest BCUT2D eigenvalue weighted by atomic mass is 16.5. The molecule has 0 fully saturated rings. The Balaban J connectivity index is 2.22. The first kappa shape index (κ1) is 15.6. The number of aliphatic hydroxyl groups excluding tert-OH is 2. The first-order chi connectivity index (χ1) is 10.8. The van der Waals surface area contributed by atoms with Gasteiger partial charge in [0, 0.05) is 12.6 Å². The van der Waals surface area contributed by atoms with Gasteiger partial charge in [0.25, 0.3) is 5.91 Å². The molecule has 4 N–H and O–H groups in total. The van der Waals surface area contributed by atoms with E-state index in [1.165, 1.54) is 24.1 Å². The molecule has 3 rings (SSSR count). The molecule has 0 saturated carbocycles. The summed E-state index contributed by atoms with van der Waals surface area (Å²) >= 11 is 0. The molecule has 0 bridgehead atoms. The Kier molecular flexibility index (Phi) is 3.67. The molecule has 2 heterocycles. The van der Waals surface area contributed by atoms with Crippen molar-refractivity contribution in [2.24, 2.45) is 0 Å². The smallest absolute Gasteiger partial charge is 0.257 e. The molecule has 1 aromatic rings. The van der Waals surface area contributed by atoms with E-state index >= 15 is 0 Å². The van der Waals surface area contributed by atoms with Crippen LogP contribution in [0.1, 0.15) is 17.3 Å². The number of methoxy groups -OCH3 is 1. The van der Waals surface area contributed by atoms with Crippen LogP contribution in [0.25, 0.3) is 0 Å². The molecule has 0 radical (unpaired) electrons. The number of carbonyl (C=O) groups is 1. The van der Waals surface area contributed by atoms with E-state index in [1.54, 1.807) is 6.08 Å². The molecule has 8 heteroatoms. The third-order valence-electron chi connectivity index (χ3n) is 4.14. The number of ether oxygens (including phenoxy) is 1. The first-order valence-corrected chi connectivity index (χ1v) is 7.07. The van der Waals surface area contributed by atoms with Crippen LogP contribution in [0.15, 0.2) is 23.8 Å². The third kappa shape index (κ3) is 2.31. The van der Waals surface area contributed by atoms with Crippen molar-refractivity contribution in [2.75, 3.05) is 18.6 Å². The lowest BCUT2D eigenvalue weighted by atomic mass is 10.1. The zero-order chi connectivity index (χ0) is 16.9. The van der Waals surface area contributed by atoms with Crippen molar-refractivity contribution in [1.82, 2.24) is 4.90 Å². The fourth-order valence-corrected chi connectivity index (χ4v) is 3.09. The second-order valence-corrected chi connectivity index (χ2v) is 5.65. The average Bonchev–Trinajstić information content (AvgIpc) is 2.85. The van der Waals surface area contributed by atoms with Gasteiger partial charge >= 0.3 is 0 Å². The van der Waals surface area contributed by atoms with Crippen LogP contribution in [0.4, 0.5) is 5.69 Å². The maximum Gasteiger partial charge on any atom is 0.257 e. The lowest BCUT2D eigenvalue weighted by molar-refractivity contribution is -0.0723. The van der Waals surface area contributed by atoms with Crippen LogP contribution in [0.3, 0.4) is 0 Å². The number of amides is 1. The van der Waals surface area contributed by atoms with Crippen molar-refractivity contribution in [3.63, 3.8) is 0 Å². The van der Waals surface area contributed by atoms with Gasteiger partial charge in [-0.1, -0.05) is 11.6 Å². The fraction of sp³-hybridized carbons (Fsp3) is 0.400. The number of benzene rings is 1. The van der Waals surface area contributed by atoms with Crippen LogP contribution in [0.5, 0.6) is 11.5 Å². The quantitative estimate of drug-likeness (QED) is 0.432. The van der Waals surface area contributed by atoms with Gasteiger partial charge in [0.15, 0.2) is 17.7 Å². The van der Waals surface area contributed by atoms with Crippen molar-refractivity contribution in [3.05, 3.63) is 29.3 Å². The average molecular weight is 322 g/mol. The second-order valence-electron chi connectivity index (χ2n) is 5.65. The van der Waals surface area contributed by atoms with Crippen LogP contribution in [0, 0.1) is 0 Å². The number of aromatic hydroxyl groups is 1. The monoisotopic (exact) mass is 322 g/mol. The van der Waals surface area contributed by atoms with E-state index in [-0.39, 0.29) is 22.7 Å². The molecule has 1 amide bonds. The topological polar surface area (TPSA) is 114 Å². The summed E-state index contributed by atoms with van der Waals surface area (Å²) in [6.07, 6.45) is -1.70. The van der Waals surface area contributed by atoms with Gasteiger partial charge in [0.2, 0.25) is 6.41 Å². The Morgan fingerprint density at radius 2 is 2.04 bits per heavy atom. The summed E-state index contributed by atoms with van der Waals surface area (Å²) in [4.78, 5) is 15.1. The largest absolute Gasteiger partial charge is 0.504 e. The van der Waals surface area contributed by atoms with Crippen LogP contribution in [-0.4, -0.2) is 63.6 Å². The van der Waals surface area contributed by atoms with Crippen LogP contribution < -0.4 is 9.64 Å². The highest BCUT2D eigenvalue weighted by Crippen LogP contribution is 2.40. The number of phenols is 1. The van der Waals surface area contributed by atoms with Gasteiger partial charge in [-0.15, -0.1) is 0 Å². The van der Waals surface area contributed by atoms with E-state index in [9.17, 15) is 25.2 Å². The molecule has 8 nitrogen and oxygen atoms in total. The number of hydrogen-bond acceptors (Lipinski definition) is 7. The molecule has 0 saturated heterocycles. The minimum absolute atomic E-state index is 0.0243. The van der Waals surface area contributed by atoms with Gasteiger partial charge in [-0.05, 0) is 13.0 Å². The van der Waals surface area contributed by atoms with E-state index in [0.717, 1.165) is 10.5 Å². The fourth-order valence-electron chi connectivity index (χ4n) is 3.09. The van der Waals surface area contributed by atoms with E-state index in [4.69, 9.17) is 4.74 Å². The molecule has 0 aliphatic carbocycles. The van der Waals surface area contributed by atoms with Crippen molar-refractivity contribution in [3.8, 4) is 11.5 Å². The second kappa shape index (κ2) is 5.41. The molecular weight excluding hydrogens is 304 g/mol. The number of carbonyl (C=O) groups excluding carboxylic acids is 1. The molecule has 124 valence electrons. The molecule has 2 atom stereocenters. The van der Waals surface area contributed by atoms with Crippen molar-refractivity contribution < 1.29 is 30.0 Å². The number of rotatable bonds is 2. The van der Waals surface area contributed by atoms with Crippen molar-refractivity contribution in [1.29, 1.82) is 0 Å². The van der Waals surface area contributed by atoms with E-state index in [0.29, 0.717) is 6.54 Å². The Hall–Kier alpha value is -2.29. The lowest BCUT2D eigenvalue weighted by Crippen LogP contribution is -2.52. The summed E-state index contributed by atoms with van der Waals surface area (Å²) < 4.78 is 5.02. The molecule has 0 spiro atoms. The van der Waals surface area contributed by atoms with Gasteiger partial charge in [-0.2, -0.15) is 0 Å². The number of aliphatic hydroxyl groups is 3. The molecule has 23 heavy (non-hydrogen) atoms. The first-order valence-electron chi connectivity index (χ1n) is 7.07. The van der Waals surface area contributed by atoms with Crippen molar-refractivity contribution in [2.45, 2.75) is 25.6 Å². The zero-order valence-electron chi connectivity index (χ0n) is 12.7. The number of hydrogen-bond donors (Lipinski definition) is 4. The summed E-state index contributed by atoms with van der Waals surface area (Å²) in [5.41, 5.74) is 1.03. The number of phenolic OH excluding ortho intramolecular Hbond substituents is 1. The van der Waals surface area contributed by atoms with Crippen LogP contribution >= 0.6 is 0 Å². The molecular formula is C15H18N2O6. The molecule has 0 aromatic heterocycles. The standard InChI is InChI=1S/C15H18N2O6/c1-7-3-10-14(20)17(15(21)22)9-5-11(18)12(23-2)4-8(9)13(19)16(10)6-7/h3-5,10,14-15,18,20-22H,6H2,1-2H3/t10-,14?/m0/s1. The number of fused-ring (bicyclic) bond motifs is 2. The summed E-state index contributed by atoms with van der Waals surface area (Å²) in [6.45, 7) is 2.16.